The van der Waals surface area contributed by atoms with E-state index in [0.717, 1.165) is 16.7 Å². The summed E-state index contributed by atoms with van der Waals surface area (Å²) in [4.78, 5) is 16.0. The Hall–Kier alpha value is -4.50. The second-order valence-electron chi connectivity index (χ2n) is 7.41. The number of hydrogen-bond acceptors (Lipinski definition) is 5. The van der Waals surface area contributed by atoms with Gasteiger partial charge in [-0.2, -0.15) is 8.42 Å². The summed E-state index contributed by atoms with van der Waals surface area (Å²) in [5, 5.41) is 0. The first kappa shape index (κ1) is 21.4. The second-order valence-corrected chi connectivity index (χ2v) is 8.83. The van der Waals surface area contributed by atoms with E-state index in [9.17, 15) is 8.42 Å². The van der Waals surface area contributed by atoms with Crippen molar-refractivity contribution in [1.29, 1.82) is 0 Å². The molecule has 9 heteroatoms. The molecule has 0 unspecified atom stereocenters. The number of hydrogen-bond donors (Lipinski definition) is 3. The van der Waals surface area contributed by atoms with Gasteiger partial charge in [0.05, 0.1) is 23.3 Å². The lowest BCUT2D eigenvalue weighted by Crippen LogP contribution is -2.23. The Morgan fingerprint density at radius 1 is 0.647 bits per heavy atom. The smallest absolute Gasteiger partial charge is 0.323 e. The number of imidazole rings is 1. The van der Waals surface area contributed by atoms with Gasteiger partial charge in [-0.05, 0) is 11.6 Å². The van der Waals surface area contributed by atoms with Crippen LogP contribution < -0.4 is 9.44 Å². The molecule has 5 rings (SSSR count). The van der Waals surface area contributed by atoms with E-state index < -0.39 is 10.2 Å². The summed E-state index contributed by atoms with van der Waals surface area (Å²) in [6, 6.07) is 30.3. The van der Waals surface area contributed by atoms with Crippen LogP contribution in [-0.2, 0) is 10.2 Å². The van der Waals surface area contributed by atoms with Crippen LogP contribution in [0.3, 0.4) is 0 Å². The molecule has 0 amide bonds. The van der Waals surface area contributed by atoms with Crippen LogP contribution in [0.5, 0.6) is 0 Å². The Morgan fingerprint density at radius 3 is 1.68 bits per heavy atom. The molecule has 0 aliphatic rings. The summed E-state index contributed by atoms with van der Waals surface area (Å²) in [5.41, 5.74) is 4.45. The lowest BCUT2D eigenvalue weighted by Gasteiger charge is -2.11. The van der Waals surface area contributed by atoms with Crippen LogP contribution in [0.25, 0.3) is 33.8 Å². The van der Waals surface area contributed by atoms with Crippen molar-refractivity contribution in [3.63, 3.8) is 0 Å². The number of aromatic nitrogens is 4. The average Bonchev–Trinajstić information content (AvgIpc) is 3.33. The van der Waals surface area contributed by atoms with E-state index in [-0.39, 0.29) is 11.9 Å². The first-order valence-corrected chi connectivity index (χ1v) is 11.9. The van der Waals surface area contributed by atoms with Crippen LogP contribution in [0.1, 0.15) is 0 Å². The highest BCUT2D eigenvalue weighted by atomic mass is 32.2. The molecule has 0 bridgehead atoms. The molecule has 0 spiro atoms. The van der Waals surface area contributed by atoms with Crippen LogP contribution in [0.15, 0.2) is 103 Å². The quantitative estimate of drug-likeness (QED) is 0.312. The highest BCUT2D eigenvalue weighted by molar-refractivity contribution is 7.93. The predicted octanol–water partition coefficient (Wildman–Crippen LogP) is 4.97. The maximum Gasteiger partial charge on any atom is 0.326 e. The summed E-state index contributed by atoms with van der Waals surface area (Å²) < 4.78 is 30.5. The largest absolute Gasteiger partial charge is 0.326 e. The molecule has 0 aliphatic heterocycles. The Kier molecular flexibility index (Phi) is 5.75. The van der Waals surface area contributed by atoms with E-state index in [1.54, 1.807) is 6.20 Å². The van der Waals surface area contributed by atoms with E-state index in [1.165, 1.54) is 0 Å². The summed E-state index contributed by atoms with van der Waals surface area (Å²) >= 11 is 0. The second kappa shape index (κ2) is 9.16. The molecule has 3 aromatic carbocycles. The third kappa shape index (κ3) is 4.94. The molecule has 8 nitrogen and oxygen atoms in total. The van der Waals surface area contributed by atoms with Gasteiger partial charge in [-0.15, -0.1) is 0 Å². The van der Waals surface area contributed by atoms with Crippen LogP contribution in [0, 0.1) is 0 Å². The molecule has 0 radical (unpaired) electrons. The molecule has 0 saturated carbocycles. The molecule has 34 heavy (non-hydrogen) atoms. The van der Waals surface area contributed by atoms with Crippen molar-refractivity contribution in [3.8, 4) is 33.8 Å². The molecule has 3 N–H and O–H groups in total. The van der Waals surface area contributed by atoms with Crippen molar-refractivity contribution >= 4 is 22.1 Å². The standard InChI is InChI=1S/C25H20N6O2S/c32-34(33,30-24-26-17-23(29-24)20-14-8-3-9-15-20)31-25-27-21(18-10-4-1-5-11-18)16-22(28-25)19-12-6-2-7-13-19/h1-17H,(H2,26,29,30)(H,27,28,31). The van der Waals surface area contributed by atoms with E-state index in [0.29, 0.717) is 17.1 Å². The number of rotatable bonds is 7. The SMILES string of the molecule is O=S(=O)(Nc1nc(-c2ccccc2)cc(-c2ccccc2)n1)Nc1ncc(-c2ccccc2)[nH]1. The maximum absolute atomic E-state index is 12.8. The number of nitrogens with zero attached hydrogens (tertiary/aromatic N) is 3. The zero-order valence-corrected chi connectivity index (χ0v) is 18.7. The Labute approximate surface area is 197 Å². The zero-order valence-electron chi connectivity index (χ0n) is 17.9. The molecule has 168 valence electrons. The molecule has 0 atom stereocenters. The zero-order chi connectivity index (χ0) is 23.4. The molecular weight excluding hydrogens is 448 g/mol. The first-order valence-electron chi connectivity index (χ1n) is 10.5. The van der Waals surface area contributed by atoms with Gasteiger partial charge in [0, 0.05) is 11.1 Å². The van der Waals surface area contributed by atoms with E-state index >= 15 is 0 Å². The highest BCUT2D eigenvalue weighted by Gasteiger charge is 2.17. The lowest BCUT2D eigenvalue weighted by atomic mass is 10.1. The van der Waals surface area contributed by atoms with Gasteiger partial charge in [0.1, 0.15) is 0 Å². The molecule has 2 heterocycles. The monoisotopic (exact) mass is 468 g/mol. The normalized spacial score (nSPS) is 11.2. The lowest BCUT2D eigenvalue weighted by molar-refractivity contribution is 0.605. The van der Waals surface area contributed by atoms with Gasteiger partial charge >= 0.3 is 10.2 Å². The molecule has 2 aromatic heterocycles. The van der Waals surface area contributed by atoms with E-state index in [1.807, 2.05) is 97.1 Å². The minimum absolute atomic E-state index is 0.0532. The Balaban J connectivity index is 1.44. The van der Waals surface area contributed by atoms with Crippen LogP contribution in [-0.4, -0.2) is 28.4 Å². The average molecular weight is 469 g/mol. The Bertz CT molecular complexity index is 1450. The van der Waals surface area contributed by atoms with Gasteiger partial charge in [-0.25, -0.2) is 24.4 Å². The van der Waals surface area contributed by atoms with Crippen molar-refractivity contribution in [3.05, 3.63) is 103 Å². The van der Waals surface area contributed by atoms with Crippen molar-refractivity contribution in [1.82, 2.24) is 19.9 Å². The first-order chi connectivity index (χ1) is 16.6. The van der Waals surface area contributed by atoms with E-state index in [2.05, 4.69) is 29.4 Å². The predicted molar refractivity (Wildman–Crippen MR) is 133 cm³/mol. The topological polar surface area (TPSA) is 113 Å². The third-order valence-corrected chi connectivity index (χ3v) is 5.90. The van der Waals surface area contributed by atoms with Crippen molar-refractivity contribution < 1.29 is 8.42 Å². The number of anilines is 2. The molecule has 0 aliphatic carbocycles. The van der Waals surface area contributed by atoms with Gasteiger partial charge in [0.15, 0.2) is 0 Å². The maximum atomic E-state index is 12.8. The minimum Gasteiger partial charge on any atom is -0.323 e. The Morgan fingerprint density at radius 2 is 1.15 bits per heavy atom. The van der Waals surface area contributed by atoms with Crippen molar-refractivity contribution in [2.75, 3.05) is 9.44 Å². The van der Waals surface area contributed by atoms with E-state index in [4.69, 9.17) is 0 Å². The van der Waals surface area contributed by atoms with Crippen molar-refractivity contribution in [2.24, 2.45) is 0 Å². The minimum atomic E-state index is -4.07. The molecular formula is C25H20N6O2S. The van der Waals surface area contributed by atoms with Crippen LogP contribution >= 0.6 is 0 Å². The number of aromatic amines is 1. The van der Waals surface area contributed by atoms with Gasteiger partial charge in [0.2, 0.25) is 11.9 Å². The number of H-pyrrole nitrogens is 1. The summed E-state index contributed by atoms with van der Waals surface area (Å²) in [6.07, 6.45) is 1.56. The molecule has 0 fully saturated rings. The van der Waals surface area contributed by atoms with Gasteiger partial charge in [0.25, 0.3) is 0 Å². The fourth-order valence-electron chi connectivity index (χ4n) is 3.42. The number of nitrogens with one attached hydrogen (secondary N) is 3. The van der Waals surface area contributed by atoms with Crippen LogP contribution in [0.2, 0.25) is 0 Å². The summed E-state index contributed by atoms with van der Waals surface area (Å²) in [7, 11) is -4.07. The summed E-state index contributed by atoms with van der Waals surface area (Å²) in [6.45, 7) is 0. The summed E-state index contributed by atoms with van der Waals surface area (Å²) in [5.74, 6) is 0.0244. The van der Waals surface area contributed by atoms with Crippen molar-refractivity contribution in [2.45, 2.75) is 0 Å². The molecule has 5 aromatic rings. The fraction of sp³-hybridized carbons (Fsp3) is 0. The van der Waals surface area contributed by atoms with Gasteiger partial charge < -0.3 is 4.98 Å². The van der Waals surface area contributed by atoms with Gasteiger partial charge in [-0.3, -0.25) is 0 Å². The third-order valence-electron chi connectivity index (χ3n) is 4.98. The fourth-order valence-corrected chi connectivity index (χ4v) is 4.16. The number of benzene rings is 3. The van der Waals surface area contributed by atoms with Gasteiger partial charge in [-0.1, -0.05) is 91.0 Å². The van der Waals surface area contributed by atoms with Crippen LogP contribution in [0.4, 0.5) is 11.9 Å². The molecule has 0 saturated heterocycles. The highest BCUT2D eigenvalue weighted by Crippen LogP contribution is 2.25.